The summed E-state index contributed by atoms with van der Waals surface area (Å²) in [6.45, 7) is 0. The fourth-order valence-corrected chi connectivity index (χ4v) is 1.37. The molecule has 0 fully saturated rings. The average molecular weight is 249 g/mol. The first kappa shape index (κ1) is 11.3. The SMILES string of the molecule is Nc1ccc(C(=O)Nc2cc(Cl)ncn2)cc1. The molecule has 2 rings (SSSR count). The Balaban J connectivity index is 2.14. The molecule has 1 aromatic heterocycles. The van der Waals surface area contributed by atoms with E-state index >= 15 is 0 Å². The van der Waals surface area contributed by atoms with Gasteiger partial charge in [-0.2, -0.15) is 0 Å². The van der Waals surface area contributed by atoms with E-state index in [0.717, 1.165) is 0 Å². The van der Waals surface area contributed by atoms with Gasteiger partial charge in [-0.3, -0.25) is 4.79 Å². The maximum absolute atomic E-state index is 11.8. The van der Waals surface area contributed by atoms with E-state index in [1.807, 2.05) is 0 Å². The second-order valence-corrected chi connectivity index (χ2v) is 3.69. The van der Waals surface area contributed by atoms with Crippen molar-refractivity contribution in [2.75, 3.05) is 11.1 Å². The van der Waals surface area contributed by atoms with Crippen LogP contribution in [0.2, 0.25) is 5.15 Å². The van der Waals surface area contributed by atoms with Gasteiger partial charge in [0, 0.05) is 17.3 Å². The maximum atomic E-state index is 11.8. The molecule has 0 radical (unpaired) electrons. The molecule has 0 spiro atoms. The van der Waals surface area contributed by atoms with Gasteiger partial charge in [-0.1, -0.05) is 11.6 Å². The predicted octanol–water partition coefficient (Wildman–Crippen LogP) is 1.96. The second-order valence-electron chi connectivity index (χ2n) is 3.30. The summed E-state index contributed by atoms with van der Waals surface area (Å²) >= 11 is 5.68. The number of nitrogens with zero attached hydrogens (tertiary/aromatic N) is 2. The van der Waals surface area contributed by atoms with Crippen molar-refractivity contribution in [3.8, 4) is 0 Å². The van der Waals surface area contributed by atoms with Gasteiger partial charge < -0.3 is 11.1 Å². The number of halogens is 1. The number of nitrogens with one attached hydrogen (secondary N) is 1. The third kappa shape index (κ3) is 2.92. The number of amides is 1. The van der Waals surface area contributed by atoms with Crippen molar-refractivity contribution >= 4 is 29.0 Å². The van der Waals surface area contributed by atoms with Gasteiger partial charge in [0.1, 0.15) is 17.3 Å². The number of aromatic nitrogens is 2. The smallest absolute Gasteiger partial charge is 0.256 e. The van der Waals surface area contributed by atoms with Crippen LogP contribution < -0.4 is 11.1 Å². The van der Waals surface area contributed by atoms with Crippen LogP contribution in [0.15, 0.2) is 36.7 Å². The van der Waals surface area contributed by atoms with E-state index < -0.39 is 0 Å². The fraction of sp³-hybridized carbons (Fsp3) is 0. The Morgan fingerprint density at radius 1 is 1.24 bits per heavy atom. The van der Waals surface area contributed by atoms with Gasteiger partial charge in [-0.05, 0) is 24.3 Å². The number of rotatable bonds is 2. The normalized spacial score (nSPS) is 9.94. The summed E-state index contributed by atoms with van der Waals surface area (Å²) in [6.07, 6.45) is 1.28. The van der Waals surface area contributed by atoms with Crippen LogP contribution in [0.3, 0.4) is 0 Å². The van der Waals surface area contributed by atoms with E-state index in [-0.39, 0.29) is 11.1 Å². The first-order valence-electron chi connectivity index (χ1n) is 4.79. The van der Waals surface area contributed by atoms with Gasteiger partial charge in [-0.25, -0.2) is 9.97 Å². The number of hydrogen-bond donors (Lipinski definition) is 2. The molecule has 1 aromatic carbocycles. The Labute approximate surface area is 103 Å². The molecule has 0 bridgehead atoms. The van der Waals surface area contributed by atoms with Gasteiger partial charge >= 0.3 is 0 Å². The minimum atomic E-state index is -0.278. The third-order valence-corrected chi connectivity index (χ3v) is 2.25. The first-order valence-corrected chi connectivity index (χ1v) is 5.17. The molecule has 0 aliphatic carbocycles. The lowest BCUT2D eigenvalue weighted by atomic mass is 10.2. The van der Waals surface area contributed by atoms with E-state index in [2.05, 4.69) is 15.3 Å². The largest absolute Gasteiger partial charge is 0.399 e. The highest BCUT2D eigenvalue weighted by Gasteiger charge is 2.06. The number of carbonyl (C=O) groups is 1. The highest BCUT2D eigenvalue weighted by Crippen LogP contribution is 2.11. The molecule has 0 saturated heterocycles. The monoisotopic (exact) mass is 248 g/mol. The van der Waals surface area contributed by atoms with Crippen LogP contribution >= 0.6 is 11.6 Å². The molecule has 0 unspecified atom stereocenters. The zero-order valence-corrected chi connectivity index (χ0v) is 9.48. The minimum Gasteiger partial charge on any atom is -0.399 e. The van der Waals surface area contributed by atoms with Gasteiger partial charge in [0.2, 0.25) is 0 Å². The number of nitrogens with two attached hydrogens (primary N) is 1. The Morgan fingerprint density at radius 2 is 1.94 bits per heavy atom. The van der Waals surface area contributed by atoms with Crippen LogP contribution in [0.1, 0.15) is 10.4 Å². The lowest BCUT2D eigenvalue weighted by Gasteiger charge is -2.04. The number of anilines is 2. The van der Waals surface area contributed by atoms with Crippen LogP contribution in [0.4, 0.5) is 11.5 Å². The fourth-order valence-electron chi connectivity index (χ4n) is 1.22. The molecule has 1 heterocycles. The highest BCUT2D eigenvalue weighted by molar-refractivity contribution is 6.29. The van der Waals surface area contributed by atoms with Crippen LogP contribution in [0.25, 0.3) is 0 Å². The predicted molar refractivity (Wildman–Crippen MR) is 65.8 cm³/mol. The lowest BCUT2D eigenvalue weighted by molar-refractivity contribution is 0.102. The Bertz CT molecular complexity index is 541. The number of carbonyl (C=O) groups excluding carboxylic acids is 1. The summed E-state index contributed by atoms with van der Waals surface area (Å²) in [4.78, 5) is 19.4. The van der Waals surface area contributed by atoms with E-state index in [4.69, 9.17) is 17.3 Å². The Morgan fingerprint density at radius 3 is 2.59 bits per heavy atom. The van der Waals surface area contributed by atoms with Crippen molar-refractivity contribution < 1.29 is 4.79 Å². The Hall–Kier alpha value is -2.14. The van der Waals surface area contributed by atoms with Crippen molar-refractivity contribution in [3.63, 3.8) is 0 Å². The molecule has 1 amide bonds. The van der Waals surface area contributed by atoms with E-state index in [1.165, 1.54) is 12.4 Å². The maximum Gasteiger partial charge on any atom is 0.256 e. The molecule has 0 aliphatic heterocycles. The van der Waals surface area contributed by atoms with Crippen LogP contribution in [0, 0.1) is 0 Å². The van der Waals surface area contributed by atoms with Gasteiger partial charge in [0.05, 0.1) is 0 Å². The van der Waals surface area contributed by atoms with Crippen LogP contribution in [-0.2, 0) is 0 Å². The van der Waals surface area contributed by atoms with Crippen molar-refractivity contribution in [1.82, 2.24) is 9.97 Å². The zero-order chi connectivity index (χ0) is 12.3. The Kier molecular flexibility index (Phi) is 3.20. The minimum absolute atomic E-state index is 0.271. The summed E-state index contributed by atoms with van der Waals surface area (Å²) in [7, 11) is 0. The van der Waals surface area contributed by atoms with Crippen molar-refractivity contribution in [2.24, 2.45) is 0 Å². The van der Waals surface area contributed by atoms with Gasteiger partial charge in [0.15, 0.2) is 0 Å². The van der Waals surface area contributed by atoms with E-state index in [1.54, 1.807) is 24.3 Å². The summed E-state index contributed by atoms with van der Waals surface area (Å²) in [5, 5.41) is 2.87. The number of nitrogen functional groups attached to an aromatic ring is 1. The molecule has 17 heavy (non-hydrogen) atoms. The summed E-state index contributed by atoms with van der Waals surface area (Å²) < 4.78 is 0. The topological polar surface area (TPSA) is 80.9 Å². The molecule has 5 nitrogen and oxygen atoms in total. The molecule has 6 heteroatoms. The number of hydrogen-bond acceptors (Lipinski definition) is 4. The van der Waals surface area contributed by atoms with Crippen LogP contribution in [-0.4, -0.2) is 15.9 Å². The summed E-state index contributed by atoms with van der Waals surface area (Å²) in [5.41, 5.74) is 6.63. The zero-order valence-electron chi connectivity index (χ0n) is 8.72. The molecule has 3 N–H and O–H groups in total. The third-order valence-electron chi connectivity index (χ3n) is 2.05. The molecule has 0 aliphatic rings. The molecule has 0 atom stereocenters. The highest BCUT2D eigenvalue weighted by atomic mass is 35.5. The van der Waals surface area contributed by atoms with Crippen molar-refractivity contribution in [1.29, 1.82) is 0 Å². The number of benzene rings is 1. The standard InChI is InChI=1S/C11H9ClN4O/c12-9-5-10(15-6-14-9)16-11(17)7-1-3-8(13)4-2-7/h1-6H,13H2,(H,14,15,16,17). The quantitative estimate of drug-likeness (QED) is 0.629. The summed E-state index contributed by atoms with van der Waals surface area (Å²) in [6, 6.07) is 8.04. The molecular formula is C11H9ClN4O. The van der Waals surface area contributed by atoms with E-state index in [9.17, 15) is 4.79 Å². The molecule has 86 valence electrons. The van der Waals surface area contributed by atoms with E-state index in [0.29, 0.717) is 17.1 Å². The lowest BCUT2D eigenvalue weighted by Crippen LogP contribution is -2.12. The van der Waals surface area contributed by atoms with Crippen molar-refractivity contribution in [3.05, 3.63) is 47.4 Å². The molecule has 0 saturated carbocycles. The molecule has 2 aromatic rings. The average Bonchev–Trinajstić information content (AvgIpc) is 2.29. The van der Waals surface area contributed by atoms with Gasteiger partial charge in [0.25, 0.3) is 5.91 Å². The summed E-state index contributed by atoms with van der Waals surface area (Å²) in [5.74, 6) is 0.0755. The molecular weight excluding hydrogens is 240 g/mol. The first-order chi connectivity index (χ1) is 8.15. The van der Waals surface area contributed by atoms with Crippen molar-refractivity contribution in [2.45, 2.75) is 0 Å². The second kappa shape index (κ2) is 4.80. The van der Waals surface area contributed by atoms with Crippen LogP contribution in [0.5, 0.6) is 0 Å². The van der Waals surface area contributed by atoms with Gasteiger partial charge in [-0.15, -0.1) is 0 Å².